The van der Waals surface area contributed by atoms with E-state index in [0.29, 0.717) is 22.5 Å². The molecule has 0 amide bonds. The van der Waals surface area contributed by atoms with Crippen LogP contribution in [0.1, 0.15) is 43.9 Å². The van der Waals surface area contributed by atoms with E-state index in [1.807, 2.05) is 13.8 Å². The molecule has 1 aromatic heterocycles. The minimum Gasteiger partial charge on any atom is -0.550 e. The number of rotatable bonds is 10. The number of aromatic nitrogens is 2. The number of carboxylic acid groups (broad SMARTS) is 1. The summed E-state index contributed by atoms with van der Waals surface area (Å²) in [6.07, 6.45) is 1.27. The molecule has 0 aliphatic heterocycles. The second-order valence-electron chi connectivity index (χ2n) is 7.78. The van der Waals surface area contributed by atoms with Gasteiger partial charge in [-0.15, -0.1) is 0 Å². The Balaban J connectivity index is 0.00000578. The molecule has 0 spiro atoms. The number of anilines is 1. The molecule has 1 N–H and O–H groups in total. The van der Waals surface area contributed by atoms with E-state index in [1.165, 1.54) is 43.5 Å². The van der Waals surface area contributed by atoms with Crippen molar-refractivity contribution in [2.45, 2.75) is 38.7 Å². The average molecular weight is 502 g/mol. The molecule has 1 aromatic carbocycles. The number of carbonyl (C=O) groups excluding carboxylic acids is 2. The Kier molecular flexibility index (Phi) is 11.0. The summed E-state index contributed by atoms with van der Waals surface area (Å²) < 4.78 is 38.5. The molecule has 2 rings (SSSR count). The second-order valence-corrected chi connectivity index (χ2v) is 9.80. The van der Waals surface area contributed by atoms with Crippen LogP contribution >= 0.6 is 0 Å². The first-order valence-corrected chi connectivity index (χ1v) is 11.8. The van der Waals surface area contributed by atoms with Gasteiger partial charge < -0.3 is 15.0 Å². The molecule has 12 heteroatoms. The second kappa shape index (κ2) is 12.5. The minimum absolute atomic E-state index is 0. The van der Waals surface area contributed by atoms with Crippen molar-refractivity contribution in [1.82, 2.24) is 9.97 Å². The third-order valence-corrected chi connectivity index (χ3v) is 5.83. The van der Waals surface area contributed by atoms with Crippen LogP contribution in [0.4, 0.5) is 10.3 Å². The van der Waals surface area contributed by atoms with Crippen molar-refractivity contribution >= 4 is 33.8 Å². The van der Waals surface area contributed by atoms with Crippen molar-refractivity contribution in [3.63, 3.8) is 0 Å². The summed E-state index contributed by atoms with van der Waals surface area (Å²) >= 11 is 0. The zero-order valence-electron chi connectivity index (χ0n) is 19.6. The maximum atomic E-state index is 13.5. The van der Waals surface area contributed by atoms with Crippen molar-refractivity contribution in [2.75, 3.05) is 17.6 Å². The molecule has 0 radical (unpaired) electrons. The molecule has 1 atom stereocenters. The van der Waals surface area contributed by atoms with Gasteiger partial charge in [0.15, 0.2) is 0 Å². The van der Waals surface area contributed by atoms with E-state index < -0.39 is 46.5 Å². The largest absolute Gasteiger partial charge is 1.00 e. The number of nitrogens with zero attached hydrogens (tertiary/aromatic N) is 3. The van der Waals surface area contributed by atoms with Crippen molar-refractivity contribution in [3.05, 3.63) is 47.4 Å². The van der Waals surface area contributed by atoms with Gasteiger partial charge in [0, 0.05) is 37.0 Å². The first-order chi connectivity index (χ1) is 15.3. The number of hydrogen-bond donors (Lipinski definition) is 1. The molecular weight excluding hydrogens is 476 g/mol. The number of Topliss-reactive ketones (excluding diaryl/α,β-unsaturated/α-hetero) is 1. The van der Waals surface area contributed by atoms with Gasteiger partial charge in [0.1, 0.15) is 11.6 Å². The summed E-state index contributed by atoms with van der Waals surface area (Å²) in [7, 11) is -2.36. The number of ketones is 1. The van der Waals surface area contributed by atoms with Crippen molar-refractivity contribution < 1.29 is 62.2 Å². The summed E-state index contributed by atoms with van der Waals surface area (Å²) in [5, 5.41) is 20.7. The van der Waals surface area contributed by atoms with Crippen LogP contribution in [0.5, 0.6) is 0 Å². The van der Waals surface area contributed by atoms with Crippen molar-refractivity contribution in [3.8, 4) is 11.3 Å². The standard InChI is InChI=1S/C22H26FN3O6S.Na/c1-13(2)20-18(10-9-16(27)11-17(28)12-19(29)30)21(14-5-7-15(23)8-6-14)25-22(24-20)26(3)33(4,31)32;/h5-10,13,16,27H,11-12H2,1-4H3,(H,29,30);/q;+1/p-1/b10-9+;/t16-;/m1./s1. The van der Waals surface area contributed by atoms with Crippen LogP contribution < -0.4 is 39.0 Å². The third kappa shape index (κ3) is 8.24. The van der Waals surface area contributed by atoms with Gasteiger partial charge >= 0.3 is 29.6 Å². The molecule has 0 saturated carbocycles. The number of hydrogen-bond acceptors (Lipinski definition) is 8. The molecule has 0 bridgehead atoms. The van der Waals surface area contributed by atoms with Gasteiger partial charge in [-0.25, -0.2) is 27.1 Å². The minimum atomic E-state index is -3.67. The number of halogens is 1. The molecule has 0 saturated heterocycles. The maximum Gasteiger partial charge on any atom is 1.00 e. The summed E-state index contributed by atoms with van der Waals surface area (Å²) in [4.78, 5) is 31.0. The first kappa shape index (κ1) is 29.9. The van der Waals surface area contributed by atoms with Gasteiger partial charge in [0.25, 0.3) is 0 Å². The van der Waals surface area contributed by atoms with E-state index in [4.69, 9.17) is 0 Å². The van der Waals surface area contributed by atoms with E-state index >= 15 is 0 Å². The summed E-state index contributed by atoms with van der Waals surface area (Å²) in [5.74, 6) is -2.98. The van der Waals surface area contributed by atoms with E-state index in [-0.39, 0.29) is 41.4 Å². The number of aliphatic carboxylic acids is 1. The van der Waals surface area contributed by atoms with Crippen LogP contribution in [-0.2, 0) is 19.6 Å². The van der Waals surface area contributed by atoms with E-state index in [0.717, 1.165) is 10.6 Å². The van der Waals surface area contributed by atoms with Crippen LogP contribution in [0.3, 0.4) is 0 Å². The summed E-state index contributed by atoms with van der Waals surface area (Å²) in [5.41, 5.74) is 1.67. The van der Waals surface area contributed by atoms with Crippen molar-refractivity contribution in [2.24, 2.45) is 0 Å². The predicted octanol–water partition coefficient (Wildman–Crippen LogP) is -1.72. The van der Waals surface area contributed by atoms with E-state index in [1.54, 1.807) is 0 Å². The Bertz CT molecular complexity index is 1170. The normalized spacial score (nSPS) is 12.4. The molecule has 1 heterocycles. The molecule has 178 valence electrons. The van der Waals surface area contributed by atoms with Crippen LogP contribution in [-0.4, -0.2) is 54.7 Å². The number of sulfonamides is 1. The van der Waals surface area contributed by atoms with Gasteiger partial charge in [-0.05, 0) is 30.2 Å². The molecular formula is C22H25FN3NaO6S. The number of carboxylic acids is 1. The van der Waals surface area contributed by atoms with Gasteiger partial charge in [-0.1, -0.05) is 26.0 Å². The topological polar surface area (TPSA) is 141 Å². The number of aliphatic hydroxyl groups is 1. The molecule has 34 heavy (non-hydrogen) atoms. The Morgan fingerprint density at radius 3 is 2.29 bits per heavy atom. The zero-order valence-corrected chi connectivity index (χ0v) is 22.5. The number of aliphatic hydroxyl groups excluding tert-OH is 1. The number of carbonyl (C=O) groups is 2. The zero-order chi connectivity index (χ0) is 24.9. The maximum absolute atomic E-state index is 13.5. The summed E-state index contributed by atoms with van der Waals surface area (Å²) in [6, 6.07) is 5.41. The van der Waals surface area contributed by atoms with Crippen LogP contribution in [0.15, 0.2) is 30.3 Å². The molecule has 2 aromatic rings. The molecule has 9 nitrogen and oxygen atoms in total. The Morgan fingerprint density at radius 2 is 1.79 bits per heavy atom. The van der Waals surface area contributed by atoms with Crippen LogP contribution in [0.25, 0.3) is 17.3 Å². The number of benzene rings is 1. The third-order valence-electron chi connectivity index (χ3n) is 4.67. The Labute approximate surface area is 220 Å². The van der Waals surface area contributed by atoms with Gasteiger partial charge in [-0.3, -0.25) is 4.79 Å². The first-order valence-electron chi connectivity index (χ1n) is 9.99. The Morgan fingerprint density at radius 1 is 1.21 bits per heavy atom. The smallest absolute Gasteiger partial charge is 0.550 e. The van der Waals surface area contributed by atoms with Crippen LogP contribution in [0.2, 0.25) is 0 Å². The molecule has 0 unspecified atom stereocenters. The van der Waals surface area contributed by atoms with Gasteiger partial charge in [0.05, 0.1) is 23.7 Å². The van der Waals surface area contributed by atoms with Gasteiger partial charge in [0.2, 0.25) is 16.0 Å². The van der Waals surface area contributed by atoms with E-state index in [9.17, 15) is 32.6 Å². The van der Waals surface area contributed by atoms with Crippen LogP contribution in [0, 0.1) is 5.82 Å². The SMILES string of the molecule is CC(C)c1nc(N(C)S(C)(=O)=O)nc(-c2ccc(F)cc2)c1/C=C/[C@@H](O)CC(=O)CC(=O)[O-].[Na+]. The predicted molar refractivity (Wildman–Crippen MR) is 119 cm³/mol. The molecule has 0 aliphatic carbocycles. The fourth-order valence-electron chi connectivity index (χ4n) is 2.94. The van der Waals surface area contributed by atoms with Gasteiger partial charge in [-0.2, -0.15) is 0 Å². The molecule has 0 fully saturated rings. The fourth-order valence-corrected chi connectivity index (χ4v) is 3.32. The van der Waals surface area contributed by atoms with E-state index in [2.05, 4.69) is 9.97 Å². The van der Waals surface area contributed by atoms with Crippen molar-refractivity contribution in [1.29, 1.82) is 0 Å². The quantitative estimate of drug-likeness (QED) is 0.300. The molecule has 0 aliphatic rings. The monoisotopic (exact) mass is 501 g/mol. The summed E-state index contributed by atoms with van der Waals surface area (Å²) in [6.45, 7) is 3.66. The fraction of sp³-hybridized carbons (Fsp3) is 0.364. The average Bonchev–Trinajstić information content (AvgIpc) is 2.70. The Hall–Kier alpha value is -2.18.